The summed E-state index contributed by atoms with van der Waals surface area (Å²) in [5.74, 6) is -0.221. The standard InChI is InChI=1S/C21H26O4/c1-3-4-5-9-20(22)17-7-6-8-18(13-17)25-14-16-10-11-19(21(23)24)15(2)12-16/h6-8,10-13,20,22H,3-5,9,14H2,1-2H3,(H,23,24). The summed E-state index contributed by atoms with van der Waals surface area (Å²) in [5, 5.41) is 19.3. The highest BCUT2D eigenvalue weighted by atomic mass is 16.5. The van der Waals surface area contributed by atoms with Crippen molar-refractivity contribution in [3.63, 3.8) is 0 Å². The Bertz CT molecular complexity index is 709. The molecule has 1 unspecified atom stereocenters. The maximum Gasteiger partial charge on any atom is 0.335 e. The molecule has 2 rings (SSSR count). The van der Waals surface area contributed by atoms with Crippen molar-refractivity contribution in [1.29, 1.82) is 0 Å². The number of aliphatic hydroxyl groups is 1. The molecule has 4 heteroatoms. The van der Waals surface area contributed by atoms with E-state index < -0.39 is 12.1 Å². The highest BCUT2D eigenvalue weighted by Gasteiger charge is 2.09. The van der Waals surface area contributed by atoms with Crippen molar-refractivity contribution in [1.82, 2.24) is 0 Å². The van der Waals surface area contributed by atoms with E-state index in [0.29, 0.717) is 23.5 Å². The summed E-state index contributed by atoms with van der Waals surface area (Å²) in [6, 6.07) is 12.7. The van der Waals surface area contributed by atoms with Crippen LogP contribution in [0, 0.1) is 6.92 Å². The molecular weight excluding hydrogens is 316 g/mol. The molecule has 25 heavy (non-hydrogen) atoms. The van der Waals surface area contributed by atoms with Crippen molar-refractivity contribution in [3.8, 4) is 5.75 Å². The molecule has 0 aromatic heterocycles. The number of aliphatic hydroxyl groups excluding tert-OH is 1. The second kappa shape index (κ2) is 9.23. The average molecular weight is 342 g/mol. The topological polar surface area (TPSA) is 66.8 Å². The molecule has 0 saturated carbocycles. The van der Waals surface area contributed by atoms with Gasteiger partial charge in [0.1, 0.15) is 12.4 Å². The number of aromatic carboxylic acids is 1. The summed E-state index contributed by atoms with van der Waals surface area (Å²) >= 11 is 0. The van der Waals surface area contributed by atoms with Crippen LogP contribution in [0.1, 0.15) is 65.8 Å². The summed E-state index contributed by atoms with van der Waals surface area (Å²) in [6.45, 7) is 4.28. The fourth-order valence-corrected chi connectivity index (χ4v) is 2.79. The van der Waals surface area contributed by atoms with Crippen LogP contribution in [0.5, 0.6) is 5.75 Å². The third-order valence-electron chi connectivity index (χ3n) is 4.25. The first-order chi connectivity index (χ1) is 12.0. The minimum atomic E-state index is -0.922. The third-order valence-corrected chi connectivity index (χ3v) is 4.25. The molecule has 134 valence electrons. The molecule has 0 aliphatic rings. The van der Waals surface area contributed by atoms with Crippen LogP contribution in [0.3, 0.4) is 0 Å². The van der Waals surface area contributed by atoms with Crippen LogP contribution in [0.15, 0.2) is 42.5 Å². The summed E-state index contributed by atoms with van der Waals surface area (Å²) in [4.78, 5) is 11.1. The second-order valence-electron chi connectivity index (χ2n) is 6.33. The van der Waals surface area contributed by atoms with Gasteiger partial charge >= 0.3 is 5.97 Å². The van der Waals surface area contributed by atoms with Gasteiger partial charge < -0.3 is 14.9 Å². The Hall–Kier alpha value is -2.33. The van der Waals surface area contributed by atoms with Crippen LogP contribution < -0.4 is 4.74 Å². The molecular formula is C21H26O4. The van der Waals surface area contributed by atoms with Crippen LogP contribution in [-0.2, 0) is 6.61 Å². The van der Waals surface area contributed by atoms with Crippen LogP contribution in [0.2, 0.25) is 0 Å². The largest absolute Gasteiger partial charge is 0.489 e. The van der Waals surface area contributed by atoms with Crippen molar-refractivity contribution in [2.45, 2.75) is 52.2 Å². The predicted molar refractivity (Wildman–Crippen MR) is 98.0 cm³/mol. The maximum atomic E-state index is 11.1. The lowest BCUT2D eigenvalue weighted by atomic mass is 10.0. The van der Waals surface area contributed by atoms with Crippen LogP contribution in [0.4, 0.5) is 0 Å². The number of carboxylic acid groups (broad SMARTS) is 1. The number of hydrogen-bond acceptors (Lipinski definition) is 3. The first kappa shape index (κ1) is 19.0. The zero-order chi connectivity index (χ0) is 18.2. The highest BCUT2D eigenvalue weighted by molar-refractivity contribution is 5.89. The minimum absolute atomic E-state index is 0.306. The third kappa shape index (κ3) is 5.61. The minimum Gasteiger partial charge on any atom is -0.489 e. The zero-order valence-electron chi connectivity index (χ0n) is 14.9. The number of carbonyl (C=O) groups is 1. The number of aryl methyl sites for hydroxylation is 1. The molecule has 0 radical (unpaired) electrons. The first-order valence-electron chi connectivity index (χ1n) is 8.75. The second-order valence-corrected chi connectivity index (χ2v) is 6.33. The Labute approximate surface area is 149 Å². The van der Waals surface area contributed by atoms with E-state index in [1.807, 2.05) is 30.3 Å². The maximum absolute atomic E-state index is 11.1. The number of hydrogen-bond donors (Lipinski definition) is 2. The molecule has 0 aliphatic heterocycles. The number of rotatable bonds is 9. The zero-order valence-corrected chi connectivity index (χ0v) is 14.9. The summed E-state index contributed by atoms with van der Waals surface area (Å²) < 4.78 is 5.81. The van der Waals surface area contributed by atoms with E-state index in [2.05, 4.69) is 6.92 Å². The first-order valence-corrected chi connectivity index (χ1v) is 8.75. The van der Waals surface area contributed by atoms with Gasteiger partial charge in [0, 0.05) is 0 Å². The van der Waals surface area contributed by atoms with E-state index in [-0.39, 0.29) is 0 Å². The predicted octanol–water partition coefficient (Wildman–Crippen LogP) is 4.89. The van der Waals surface area contributed by atoms with Gasteiger partial charge in [0.2, 0.25) is 0 Å². The van der Waals surface area contributed by atoms with E-state index in [1.165, 1.54) is 0 Å². The lowest BCUT2D eigenvalue weighted by molar-refractivity contribution is 0.0696. The van der Waals surface area contributed by atoms with Gasteiger partial charge in [-0.15, -0.1) is 0 Å². The quantitative estimate of drug-likeness (QED) is 0.637. The summed E-state index contributed by atoms with van der Waals surface area (Å²) in [6.07, 6.45) is 3.56. The van der Waals surface area contributed by atoms with E-state index in [0.717, 1.165) is 36.8 Å². The van der Waals surface area contributed by atoms with E-state index in [9.17, 15) is 9.90 Å². The van der Waals surface area contributed by atoms with Crippen LogP contribution in [0.25, 0.3) is 0 Å². The van der Waals surface area contributed by atoms with Gasteiger partial charge in [-0.25, -0.2) is 4.79 Å². The van der Waals surface area contributed by atoms with Crippen LogP contribution in [-0.4, -0.2) is 16.2 Å². The smallest absolute Gasteiger partial charge is 0.335 e. The van der Waals surface area contributed by atoms with Crippen LogP contribution >= 0.6 is 0 Å². The Kier molecular flexibility index (Phi) is 7.02. The molecule has 0 amide bonds. The number of unbranched alkanes of at least 4 members (excludes halogenated alkanes) is 2. The molecule has 0 bridgehead atoms. The lowest BCUT2D eigenvalue weighted by Crippen LogP contribution is -2.03. The highest BCUT2D eigenvalue weighted by Crippen LogP contribution is 2.24. The van der Waals surface area contributed by atoms with Gasteiger partial charge in [-0.3, -0.25) is 0 Å². The fourth-order valence-electron chi connectivity index (χ4n) is 2.79. The van der Waals surface area contributed by atoms with Gasteiger partial charge in [0.25, 0.3) is 0 Å². The van der Waals surface area contributed by atoms with Crippen molar-refractivity contribution in [2.24, 2.45) is 0 Å². The fraction of sp³-hybridized carbons (Fsp3) is 0.381. The van der Waals surface area contributed by atoms with Crippen molar-refractivity contribution >= 4 is 5.97 Å². The van der Waals surface area contributed by atoms with Crippen molar-refractivity contribution in [2.75, 3.05) is 0 Å². The molecule has 2 N–H and O–H groups in total. The van der Waals surface area contributed by atoms with E-state index >= 15 is 0 Å². The van der Waals surface area contributed by atoms with Crippen molar-refractivity contribution in [3.05, 3.63) is 64.7 Å². The Morgan fingerprint density at radius 3 is 2.64 bits per heavy atom. The lowest BCUT2D eigenvalue weighted by Gasteiger charge is -2.13. The molecule has 0 spiro atoms. The van der Waals surface area contributed by atoms with Gasteiger partial charge in [0.15, 0.2) is 0 Å². The molecule has 0 fully saturated rings. The normalized spacial score (nSPS) is 12.0. The average Bonchev–Trinajstić information content (AvgIpc) is 2.60. The molecule has 0 heterocycles. The monoisotopic (exact) mass is 342 g/mol. The summed E-state index contributed by atoms with van der Waals surface area (Å²) in [5.41, 5.74) is 2.80. The Morgan fingerprint density at radius 2 is 1.96 bits per heavy atom. The number of benzene rings is 2. The molecule has 2 aromatic rings. The van der Waals surface area contributed by atoms with Gasteiger partial charge in [-0.05, 0) is 48.2 Å². The number of ether oxygens (including phenoxy) is 1. The molecule has 0 saturated heterocycles. The Morgan fingerprint density at radius 1 is 1.16 bits per heavy atom. The van der Waals surface area contributed by atoms with E-state index in [1.54, 1.807) is 19.1 Å². The molecule has 2 aromatic carbocycles. The van der Waals surface area contributed by atoms with Gasteiger partial charge in [0.05, 0.1) is 11.7 Å². The SMILES string of the molecule is CCCCCC(O)c1cccc(OCc2ccc(C(=O)O)c(C)c2)c1. The summed E-state index contributed by atoms with van der Waals surface area (Å²) in [7, 11) is 0. The van der Waals surface area contributed by atoms with Crippen molar-refractivity contribution < 1.29 is 19.7 Å². The van der Waals surface area contributed by atoms with Gasteiger partial charge in [-0.2, -0.15) is 0 Å². The van der Waals surface area contributed by atoms with Gasteiger partial charge in [-0.1, -0.05) is 50.5 Å². The molecule has 0 aliphatic carbocycles. The molecule has 1 atom stereocenters. The molecule has 4 nitrogen and oxygen atoms in total. The Balaban J connectivity index is 1.98. The number of carboxylic acids is 1. The van der Waals surface area contributed by atoms with E-state index in [4.69, 9.17) is 9.84 Å².